The molecule has 0 radical (unpaired) electrons. The van der Waals surface area contributed by atoms with Crippen LogP contribution in [0.15, 0.2) is 16.7 Å². The number of hydrogen-bond acceptors (Lipinski definition) is 5. The largest absolute Gasteiger partial charge is 0.459 e. The van der Waals surface area contributed by atoms with E-state index in [-0.39, 0.29) is 17.6 Å². The van der Waals surface area contributed by atoms with E-state index < -0.39 is 6.04 Å². The van der Waals surface area contributed by atoms with Gasteiger partial charge >= 0.3 is 0 Å². The Morgan fingerprint density at radius 1 is 1.29 bits per heavy atom. The van der Waals surface area contributed by atoms with Crippen molar-refractivity contribution in [2.45, 2.75) is 25.8 Å². The second-order valence-corrected chi connectivity index (χ2v) is 6.38. The van der Waals surface area contributed by atoms with E-state index in [1.165, 1.54) is 6.26 Å². The predicted octanol–water partition coefficient (Wildman–Crippen LogP) is 0.641. The van der Waals surface area contributed by atoms with Crippen LogP contribution in [-0.2, 0) is 9.53 Å². The van der Waals surface area contributed by atoms with Crippen molar-refractivity contribution in [3.05, 3.63) is 23.7 Å². The first-order chi connectivity index (χ1) is 11.6. The molecule has 1 atom stereocenters. The minimum absolute atomic E-state index is 0.00655. The highest BCUT2D eigenvalue weighted by atomic mass is 16.5. The summed E-state index contributed by atoms with van der Waals surface area (Å²) in [5.74, 6) is -0.0220. The molecule has 0 aliphatic carbocycles. The van der Waals surface area contributed by atoms with Gasteiger partial charge < -0.3 is 19.4 Å². The van der Waals surface area contributed by atoms with Crippen molar-refractivity contribution >= 4 is 11.8 Å². The molecule has 3 rings (SSSR count). The van der Waals surface area contributed by atoms with E-state index in [9.17, 15) is 9.59 Å². The van der Waals surface area contributed by atoms with E-state index in [0.29, 0.717) is 13.0 Å². The van der Waals surface area contributed by atoms with Crippen molar-refractivity contribution in [2.24, 2.45) is 0 Å². The standard InChI is InChI=1S/C17H25N3O4/c1-13-4-10-24-15(13)16(21)18-14-3-2-5-20(17(14)22)7-6-19-8-11-23-12-9-19/h4,10,14H,2-3,5-9,11-12H2,1H3,(H,18,21). The molecule has 2 amide bonds. The Bertz CT molecular complexity index is 580. The number of furan rings is 1. The molecule has 1 aromatic rings. The van der Waals surface area contributed by atoms with Gasteiger partial charge in [-0.15, -0.1) is 0 Å². The molecule has 0 spiro atoms. The lowest BCUT2D eigenvalue weighted by atomic mass is 10.0. The molecule has 1 unspecified atom stereocenters. The predicted molar refractivity (Wildman–Crippen MR) is 87.8 cm³/mol. The Labute approximate surface area is 141 Å². The van der Waals surface area contributed by atoms with Crippen LogP contribution in [0.4, 0.5) is 0 Å². The molecule has 7 heteroatoms. The summed E-state index contributed by atoms with van der Waals surface area (Å²) in [6, 6.07) is 1.28. The first kappa shape index (κ1) is 17.0. The van der Waals surface area contributed by atoms with E-state index in [4.69, 9.17) is 9.15 Å². The monoisotopic (exact) mass is 335 g/mol. The van der Waals surface area contributed by atoms with Crippen LogP contribution in [0.2, 0.25) is 0 Å². The Morgan fingerprint density at radius 3 is 2.79 bits per heavy atom. The summed E-state index contributed by atoms with van der Waals surface area (Å²) in [4.78, 5) is 29.1. The van der Waals surface area contributed by atoms with E-state index in [1.807, 2.05) is 11.8 Å². The summed E-state index contributed by atoms with van der Waals surface area (Å²) in [6.07, 6.45) is 3.07. The summed E-state index contributed by atoms with van der Waals surface area (Å²) >= 11 is 0. The van der Waals surface area contributed by atoms with Gasteiger partial charge in [0.2, 0.25) is 5.91 Å². The molecule has 0 aromatic carbocycles. The normalized spacial score (nSPS) is 22.6. The van der Waals surface area contributed by atoms with Gasteiger partial charge in [-0.1, -0.05) is 0 Å². The van der Waals surface area contributed by atoms with Crippen LogP contribution in [0.5, 0.6) is 0 Å². The van der Waals surface area contributed by atoms with Crippen LogP contribution >= 0.6 is 0 Å². The maximum Gasteiger partial charge on any atom is 0.287 e. The first-order valence-electron chi connectivity index (χ1n) is 8.59. The molecule has 0 saturated carbocycles. The summed E-state index contributed by atoms with van der Waals surface area (Å²) in [5.41, 5.74) is 0.778. The molecule has 1 aromatic heterocycles. The lowest BCUT2D eigenvalue weighted by Crippen LogP contribution is -2.54. The highest BCUT2D eigenvalue weighted by Gasteiger charge is 2.31. The quantitative estimate of drug-likeness (QED) is 0.855. The van der Waals surface area contributed by atoms with Crippen LogP contribution < -0.4 is 5.32 Å². The fraction of sp³-hybridized carbons (Fsp3) is 0.647. The van der Waals surface area contributed by atoms with Crippen LogP contribution in [0.25, 0.3) is 0 Å². The molecular weight excluding hydrogens is 310 g/mol. The number of ether oxygens (including phenoxy) is 1. The van der Waals surface area contributed by atoms with E-state index in [2.05, 4.69) is 10.2 Å². The molecule has 2 fully saturated rings. The van der Waals surface area contributed by atoms with Crippen molar-refractivity contribution in [2.75, 3.05) is 45.9 Å². The number of rotatable bonds is 5. The van der Waals surface area contributed by atoms with Gasteiger partial charge in [0.05, 0.1) is 19.5 Å². The fourth-order valence-electron chi connectivity index (χ4n) is 3.21. The lowest BCUT2D eigenvalue weighted by Gasteiger charge is -2.35. The molecule has 0 bridgehead atoms. The number of carbonyl (C=O) groups is 2. The topological polar surface area (TPSA) is 75.0 Å². The molecule has 2 saturated heterocycles. The highest BCUT2D eigenvalue weighted by Crippen LogP contribution is 2.14. The smallest absolute Gasteiger partial charge is 0.287 e. The summed E-state index contributed by atoms with van der Waals surface area (Å²) in [5, 5.41) is 2.82. The molecule has 2 aliphatic heterocycles. The zero-order valence-electron chi connectivity index (χ0n) is 14.1. The van der Waals surface area contributed by atoms with Crippen LogP contribution in [-0.4, -0.2) is 73.6 Å². The Hall–Kier alpha value is -1.86. The second-order valence-electron chi connectivity index (χ2n) is 6.38. The number of nitrogens with one attached hydrogen (secondary N) is 1. The number of amides is 2. The third kappa shape index (κ3) is 3.96. The summed E-state index contributed by atoms with van der Waals surface area (Å²) < 4.78 is 10.5. The molecule has 3 heterocycles. The summed E-state index contributed by atoms with van der Waals surface area (Å²) in [7, 11) is 0. The van der Waals surface area contributed by atoms with Crippen molar-refractivity contribution in [1.29, 1.82) is 0 Å². The van der Waals surface area contributed by atoms with Crippen molar-refractivity contribution in [1.82, 2.24) is 15.1 Å². The van der Waals surface area contributed by atoms with Gasteiger partial charge in [0.15, 0.2) is 5.76 Å². The summed E-state index contributed by atoms with van der Waals surface area (Å²) in [6.45, 7) is 7.48. The highest BCUT2D eigenvalue weighted by molar-refractivity contribution is 5.96. The van der Waals surface area contributed by atoms with E-state index in [1.54, 1.807) is 6.07 Å². The van der Waals surface area contributed by atoms with Crippen LogP contribution in [0.1, 0.15) is 29.0 Å². The number of aryl methyl sites for hydroxylation is 1. The van der Waals surface area contributed by atoms with Crippen LogP contribution in [0.3, 0.4) is 0 Å². The number of nitrogens with zero attached hydrogens (tertiary/aromatic N) is 2. The Morgan fingerprint density at radius 2 is 2.08 bits per heavy atom. The average molecular weight is 335 g/mol. The number of morpholine rings is 1. The molecular formula is C17H25N3O4. The molecule has 24 heavy (non-hydrogen) atoms. The number of hydrogen-bond donors (Lipinski definition) is 1. The number of likely N-dealkylation sites (tertiary alicyclic amines) is 1. The second kappa shape index (κ2) is 7.81. The van der Waals surface area contributed by atoms with Crippen molar-refractivity contribution < 1.29 is 18.7 Å². The molecule has 7 nitrogen and oxygen atoms in total. The molecule has 132 valence electrons. The Kier molecular flexibility index (Phi) is 5.52. The third-order valence-electron chi connectivity index (χ3n) is 4.69. The van der Waals surface area contributed by atoms with Gasteiger partial charge in [-0.3, -0.25) is 14.5 Å². The van der Waals surface area contributed by atoms with Gasteiger partial charge in [-0.05, 0) is 25.8 Å². The average Bonchev–Trinajstić information content (AvgIpc) is 3.03. The van der Waals surface area contributed by atoms with Gasteiger partial charge in [-0.2, -0.15) is 0 Å². The number of piperidine rings is 1. The zero-order valence-corrected chi connectivity index (χ0v) is 14.1. The van der Waals surface area contributed by atoms with Crippen LogP contribution in [0, 0.1) is 6.92 Å². The van der Waals surface area contributed by atoms with Crippen molar-refractivity contribution in [3.8, 4) is 0 Å². The van der Waals surface area contributed by atoms with Crippen molar-refractivity contribution in [3.63, 3.8) is 0 Å². The van der Waals surface area contributed by atoms with Gasteiger partial charge in [-0.25, -0.2) is 0 Å². The van der Waals surface area contributed by atoms with E-state index >= 15 is 0 Å². The third-order valence-corrected chi connectivity index (χ3v) is 4.69. The lowest BCUT2D eigenvalue weighted by molar-refractivity contribution is -0.136. The zero-order chi connectivity index (χ0) is 16.9. The minimum Gasteiger partial charge on any atom is -0.459 e. The SMILES string of the molecule is Cc1ccoc1C(=O)NC1CCCN(CCN2CCOCC2)C1=O. The maximum absolute atomic E-state index is 12.6. The minimum atomic E-state index is -0.458. The van der Waals surface area contributed by atoms with Gasteiger partial charge in [0.1, 0.15) is 6.04 Å². The first-order valence-corrected chi connectivity index (χ1v) is 8.59. The number of carbonyl (C=O) groups excluding carboxylic acids is 2. The Balaban J connectivity index is 1.52. The molecule has 1 N–H and O–H groups in total. The molecule has 2 aliphatic rings. The van der Waals surface area contributed by atoms with Gasteiger partial charge in [0.25, 0.3) is 5.91 Å². The maximum atomic E-state index is 12.6. The van der Waals surface area contributed by atoms with Gasteiger partial charge in [0, 0.05) is 38.3 Å². The van der Waals surface area contributed by atoms with E-state index in [0.717, 1.165) is 51.4 Å². The fourth-order valence-corrected chi connectivity index (χ4v) is 3.21.